The Kier molecular flexibility index (Phi) is 6.72. The van der Waals surface area contributed by atoms with Gasteiger partial charge in [0.1, 0.15) is 0 Å². The highest BCUT2D eigenvalue weighted by atomic mass is 32.2. The van der Waals surface area contributed by atoms with Gasteiger partial charge in [-0.15, -0.1) is 0 Å². The molecule has 0 atom stereocenters. The van der Waals surface area contributed by atoms with Gasteiger partial charge in [-0.3, -0.25) is 9.69 Å². The second-order valence-corrected chi connectivity index (χ2v) is 9.46. The van der Waals surface area contributed by atoms with Crippen molar-refractivity contribution in [3.63, 3.8) is 0 Å². The van der Waals surface area contributed by atoms with E-state index in [4.69, 9.17) is 0 Å². The number of piperazine rings is 1. The average molecular weight is 416 g/mol. The minimum absolute atomic E-state index is 0.0836. The molecule has 0 radical (unpaired) electrons. The summed E-state index contributed by atoms with van der Waals surface area (Å²) in [6.07, 6.45) is 0.962. The summed E-state index contributed by atoms with van der Waals surface area (Å²) in [5.41, 5.74) is 4.05. The smallest absolute Gasteiger partial charge is 0.243 e. The maximum atomic E-state index is 12.9. The van der Waals surface area contributed by atoms with Gasteiger partial charge in [-0.1, -0.05) is 25.1 Å². The van der Waals surface area contributed by atoms with Gasteiger partial charge in [-0.2, -0.15) is 4.31 Å². The quantitative estimate of drug-likeness (QED) is 0.788. The minimum atomic E-state index is -3.50. The molecule has 0 bridgehead atoms. The molecule has 1 aliphatic heterocycles. The fourth-order valence-electron chi connectivity index (χ4n) is 3.38. The van der Waals surface area contributed by atoms with Crippen LogP contribution < -0.4 is 5.32 Å². The van der Waals surface area contributed by atoms with Gasteiger partial charge >= 0.3 is 0 Å². The lowest BCUT2D eigenvalue weighted by Crippen LogP contribution is -2.50. The number of anilines is 1. The molecule has 29 heavy (non-hydrogen) atoms. The number of aryl methyl sites for hydroxylation is 3. The van der Waals surface area contributed by atoms with Crippen LogP contribution in [0.5, 0.6) is 0 Å². The highest BCUT2D eigenvalue weighted by Crippen LogP contribution is 2.20. The number of nitrogens with zero attached hydrogens (tertiary/aromatic N) is 2. The summed E-state index contributed by atoms with van der Waals surface area (Å²) < 4.78 is 27.3. The van der Waals surface area contributed by atoms with E-state index in [1.54, 1.807) is 12.1 Å². The summed E-state index contributed by atoms with van der Waals surface area (Å²) in [5, 5.41) is 2.91. The summed E-state index contributed by atoms with van der Waals surface area (Å²) >= 11 is 0. The van der Waals surface area contributed by atoms with E-state index < -0.39 is 10.0 Å². The topological polar surface area (TPSA) is 69.7 Å². The Labute approximate surface area is 173 Å². The first-order chi connectivity index (χ1) is 13.8. The maximum Gasteiger partial charge on any atom is 0.243 e. The maximum absolute atomic E-state index is 12.9. The highest BCUT2D eigenvalue weighted by molar-refractivity contribution is 7.89. The van der Waals surface area contributed by atoms with E-state index in [0.717, 1.165) is 23.2 Å². The van der Waals surface area contributed by atoms with Crippen molar-refractivity contribution < 1.29 is 13.2 Å². The van der Waals surface area contributed by atoms with E-state index in [9.17, 15) is 13.2 Å². The molecule has 2 aromatic carbocycles. The van der Waals surface area contributed by atoms with Gasteiger partial charge in [0.25, 0.3) is 0 Å². The number of benzene rings is 2. The van der Waals surface area contributed by atoms with Crippen LogP contribution in [0.15, 0.2) is 47.4 Å². The number of hydrogen-bond acceptors (Lipinski definition) is 4. The van der Waals surface area contributed by atoms with Crippen LogP contribution in [0.1, 0.15) is 23.6 Å². The van der Waals surface area contributed by atoms with E-state index in [1.165, 1.54) is 9.87 Å². The summed E-state index contributed by atoms with van der Waals surface area (Å²) in [7, 11) is -3.50. The number of rotatable bonds is 6. The first-order valence-electron chi connectivity index (χ1n) is 9.98. The Bertz CT molecular complexity index is 963. The van der Waals surface area contributed by atoms with Crippen molar-refractivity contribution in [2.75, 3.05) is 38.0 Å². The summed E-state index contributed by atoms with van der Waals surface area (Å²) in [4.78, 5) is 14.6. The van der Waals surface area contributed by atoms with Gasteiger partial charge in [0.05, 0.1) is 11.4 Å². The molecule has 1 amide bonds. The SMILES string of the molecule is CCc1ccc(NC(=O)CN2CCN(S(=O)(=O)c3ccc(C)c(C)c3)CC2)cc1. The molecule has 2 aromatic rings. The van der Waals surface area contributed by atoms with E-state index in [0.29, 0.717) is 31.1 Å². The Hall–Kier alpha value is -2.22. The van der Waals surface area contributed by atoms with Gasteiger partial charge in [-0.05, 0) is 61.2 Å². The van der Waals surface area contributed by atoms with Crippen LogP contribution in [0.2, 0.25) is 0 Å². The molecule has 6 nitrogen and oxygen atoms in total. The van der Waals surface area contributed by atoms with Gasteiger partial charge in [0.15, 0.2) is 0 Å². The first-order valence-corrected chi connectivity index (χ1v) is 11.4. The average Bonchev–Trinajstić information content (AvgIpc) is 2.71. The molecular weight excluding hydrogens is 386 g/mol. The van der Waals surface area contributed by atoms with E-state index in [2.05, 4.69) is 12.2 Å². The molecule has 1 aliphatic rings. The van der Waals surface area contributed by atoms with Crippen molar-refractivity contribution >= 4 is 21.6 Å². The molecule has 3 rings (SSSR count). The molecule has 0 unspecified atom stereocenters. The zero-order valence-corrected chi connectivity index (χ0v) is 18.1. The van der Waals surface area contributed by atoms with Crippen molar-refractivity contribution in [1.29, 1.82) is 0 Å². The number of sulfonamides is 1. The Morgan fingerprint density at radius 2 is 1.62 bits per heavy atom. The van der Waals surface area contributed by atoms with Crippen LogP contribution in [0, 0.1) is 13.8 Å². The van der Waals surface area contributed by atoms with Gasteiger partial charge in [0.2, 0.25) is 15.9 Å². The van der Waals surface area contributed by atoms with Crippen LogP contribution in [0.4, 0.5) is 5.69 Å². The van der Waals surface area contributed by atoms with Gasteiger partial charge in [0, 0.05) is 31.9 Å². The lowest BCUT2D eigenvalue weighted by molar-refractivity contribution is -0.117. The fourth-order valence-corrected chi connectivity index (χ4v) is 4.89. The molecule has 0 aromatic heterocycles. The molecular formula is C22H29N3O3S. The third kappa shape index (κ3) is 5.23. The second-order valence-electron chi connectivity index (χ2n) is 7.52. The van der Waals surface area contributed by atoms with Crippen LogP contribution >= 0.6 is 0 Å². The predicted octanol–water partition coefficient (Wildman–Crippen LogP) is 2.81. The number of hydrogen-bond donors (Lipinski definition) is 1. The number of carbonyl (C=O) groups is 1. The number of amides is 1. The third-order valence-corrected chi connectivity index (χ3v) is 7.36. The molecule has 156 valence electrons. The lowest BCUT2D eigenvalue weighted by atomic mass is 10.1. The molecule has 0 spiro atoms. The molecule has 1 saturated heterocycles. The Morgan fingerprint density at radius 3 is 2.21 bits per heavy atom. The monoisotopic (exact) mass is 415 g/mol. The summed E-state index contributed by atoms with van der Waals surface area (Å²) in [6.45, 7) is 8.06. The largest absolute Gasteiger partial charge is 0.325 e. The van der Waals surface area contributed by atoms with Gasteiger partial charge in [-0.25, -0.2) is 8.42 Å². The van der Waals surface area contributed by atoms with Crippen LogP contribution in [0.3, 0.4) is 0 Å². The predicted molar refractivity (Wildman–Crippen MR) is 116 cm³/mol. The van der Waals surface area contributed by atoms with Crippen LogP contribution in [0.25, 0.3) is 0 Å². The van der Waals surface area contributed by atoms with E-state index >= 15 is 0 Å². The van der Waals surface area contributed by atoms with E-state index in [-0.39, 0.29) is 12.5 Å². The van der Waals surface area contributed by atoms with Crippen LogP contribution in [-0.4, -0.2) is 56.3 Å². The first kappa shape index (κ1) is 21.5. The van der Waals surface area contributed by atoms with Crippen molar-refractivity contribution in [1.82, 2.24) is 9.21 Å². The van der Waals surface area contributed by atoms with Gasteiger partial charge < -0.3 is 5.32 Å². The zero-order chi connectivity index (χ0) is 21.0. The normalized spacial score (nSPS) is 16.0. The summed E-state index contributed by atoms with van der Waals surface area (Å²) in [5.74, 6) is -0.0836. The minimum Gasteiger partial charge on any atom is -0.325 e. The zero-order valence-electron chi connectivity index (χ0n) is 17.3. The molecule has 1 heterocycles. The van der Waals surface area contributed by atoms with Crippen LogP contribution in [-0.2, 0) is 21.2 Å². The van der Waals surface area contributed by atoms with Crippen molar-refractivity contribution in [3.05, 3.63) is 59.2 Å². The lowest BCUT2D eigenvalue weighted by Gasteiger charge is -2.33. The number of nitrogens with one attached hydrogen (secondary N) is 1. The molecule has 7 heteroatoms. The third-order valence-electron chi connectivity index (χ3n) is 5.46. The Balaban J connectivity index is 1.54. The van der Waals surface area contributed by atoms with Crippen molar-refractivity contribution in [3.8, 4) is 0 Å². The fraction of sp³-hybridized carbons (Fsp3) is 0.409. The molecule has 0 aliphatic carbocycles. The summed E-state index contributed by atoms with van der Waals surface area (Å²) in [6, 6.07) is 13.1. The molecule has 1 N–H and O–H groups in total. The Morgan fingerprint density at radius 1 is 0.966 bits per heavy atom. The second kappa shape index (κ2) is 9.07. The molecule has 1 fully saturated rings. The van der Waals surface area contributed by atoms with Crippen molar-refractivity contribution in [2.45, 2.75) is 32.1 Å². The molecule has 0 saturated carbocycles. The van der Waals surface area contributed by atoms with E-state index in [1.807, 2.05) is 49.1 Å². The number of carbonyl (C=O) groups excluding carboxylic acids is 1. The standard InChI is InChI=1S/C22H29N3O3S/c1-4-19-6-8-20(9-7-19)23-22(26)16-24-11-13-25(14-12-24)29(27,28)21-10-5-17(2)18(3)15-21/h5-10,15H,4,11-14,16H2,1-3H3,(H,23,26). The van der Waals surface area contributed by atoms with Crippen molar-refractivity contribution in [2.24, 2.45) is 0 Å². The highest BCUT2D eigenvalue weighted by Gasteiger charge is 2.29.